The van der Waals surface area contributed by atoms with Crippen LogP contribution in [0.15, 0.2) is 24.4 Å². The molecule has 6 heteroatoms. The summed E-state index contributed by atoms with van der Waals surface area (Å²) < 4.78 is 0. The van der Waals surface area contributed by atoms with Crippen LogP contribution in [-0.2, 0) is 11.2 Å². The fourth-order valence-electron chi connectivity index (χ4n) is 2.83. The smallest absolute Gasteiger partial charge is 0.224 e. The van der Waals surface area contributed by atoms with Crippen molar-refractivity contribution in [2.24, 2.45) is 0 Å². The second kappa shape index (κ2) is 7.13. The summed E-state index contributed by atoms with van der Waals surface area (Å²) in [5, 5.41) is 8.08. The van der Waals surface area contributed by atoms with Gasteiger partial charge < -0.3 is 15.6 Å². The average Bonchev–Trinajstić information content (AvgIpc) is 2.90. The SMILES string of the molecule is O=C(Cc1c[nH]c2cc(Cl)ccc12)NCCN1CCNCC1. The summed E-state index contributed by atoms with van der Waals surface area (Å²) in [4.78, 5) is 17.6. The third-order valence-corrected chi connectivity index (χ3v) is 4.28. The average molecular weight is 321 g/mol. The first-order valence-electron chi connectivity index (χ1n) is 7.67. The van der Waals surface area contributed by atoms with Gasteiger partial charge in [-0.05, 0) is 17.7 Å². The molecule has 1 saturated heterocycles. The lowest BCUT2D eigenvalue weighted by atomic mass is 10.1. The molecule has 1 aromatic heterocycles. The number of nitrogens with one attached hydrogen (secondary N) is 3. The van der Waals surface area contributed by atoms with Gasteiger partial charge in [-0.15, -0.1) is 0 Å². The molecule has 0 bridgehead atoms. The number of carbonyl (C=O) groups is 1. The summed E-state index contributed by atoms with van der Waals surface area (Å²) >= 11 is 5.97. The van der Waals surface area contributed by atoms with E-state index in [2.05, 4.69) is 20.5 Å². The van der Waals surface area contributed by atoms with E-state index >= 15 is 0 Å². The van der Waals surface area contributed by atoms with E-state index in [1.165, 1.54) is 0 Å². The molecule has 1 aliphatic heterocycles. The summed E-state index contributed by atoms with van der Waals surface area (Å²) in [6.45, 7) is 5.79. The summed E-state index contributed by atoms with van der Waals surface area (Å²) in [6.07, 6.45) is 2.28. The zero-order valence-electron chi connectivity index (χ0n) is 12.5. The van der Waals surface area contributed by atoms with Crippen LogP contribution in [0.1, 0.15) is 5.56 Å². The number of H-pyrrole nitrogens is 1. The zero-order chi connectivity index (χ0) is 15.4. The maximum atomic E-state index is 12.1. The highest BCUT2D eigenvalue weighted by atomic mass is 35.5. The van der Waals surface area contributed by atoms with Crippen LogP contribution in [0.4, 0.5) is 0 Å². The minimum Gasteiger partial charge on any atom is -0.361 e. The van der Waals surface area contributed by atoms with Gasteiger partial charge in [0.1, 0.15) is 0 Å². The maximum Gasteiger partial charge on any atom is 0.224 e. The molecular formula is C16H21ClN4O. The predicted octanol–water partition coefficient (Wildman–Crippen LogP) is 1.39. The lowest BCUT2D eigenvalue weighted by Gasteiger charge is -2.27. The number of fused-ring (bicyclic) bond motifs is 1. The van der Waals surface area contributed by atoms with Crippen LogP contribution in [-0.4, -0.2) is 55.1 Å². The van der Waals surface area contributed by atoms with Gasteiger partial charge in [0.25, 0.3) is 0 Å². The lowest BCUT2D eigenvalue weighted by molar-refractivity contribution is -0.120. The van der Waals surface area contributed by atoms with Crippen molar-refractivity contribution < 1.29 is 4.79 Å². The van der Waals surface area contributed by atoms with Gasteiger partial charge in [0.05, 0.1) is 6.42 Å². The first-order valence-corrected chi connectivity index (χ1v) is 8.05. The molecule has 0 unspecified atom stereocenters. The number of rotatable bonds is 5. The Hall–Kier alpha value is -1.56. The quantitative estimate of drug-likeness (QED) is 0.780. The molecule has 1 aliphatic rings. The molecule has 3 N–H and O–H groups in total. The van der Waals surface area contributed by atoms with Gasteiger partial charge in [-0.1, -0.05) is 17.7 Å². The number of hydrogen-bond donors (Lipinski definition) is 3. The second-order valence-electron chi connectivity index (χ2n) is 5.62. The molecular weight excluding hydrogens is 300 g/mol. The highest BCUT2D eigenvalue weighted by Gasteiger charge is 2.11. The largest absolute Gasteiger partial charge is 0.361 e. The minimum absolute atomic E-state index is 0.0611. The van der Waals surface area contributed by atoms with Crippen LogP contribution in [0, 0.1) is 0 Å². The van der Waals surface area contributed by atoms with Crippen LogP contribution in [0.25, 0.3) is 10.9 Å². The standard InChI is InChI=1S/C16H21ClN4O/c17-13-1-2-14-12(11-20-15(14)10-13)9-16(22)19-5-8-21-6-3-18-4-7-21/h1-2,10-11,18,20H,3-9H2,(H,19,22). The molecule has 0 radical (unpaired) electrons. The number of benzene rings is 1. The van der Waals surface area contributed by atoms with E-state index in [-0.39, 0.29) is 5.91 Å². The molecule has 0 spiro atoms. The van der Waals surface area contributed by atoms with Crippen molar-refractivity contribution in [3.63, 3.8) is 0 Å². The number of carbonyl (C=O) groups excluding carboxylic acids is 1. The lowest BCUT2D eigenvalue weighted by Crippen LogP contribution is -2.46. The van der Waals surface area contributed by atoms with Crippen LogP contribution in [0.2, 0.25) is 5.02 Å². The number of aromatic nitrogens is 1. The van der Waals surface area contributed by atoms with Crippen molar-refractivity contribution in [1.29, 1.82) is 0 Å². The fraction of sp³-hybridized carbons (Fsp3) is 0.438. The number of hydrogen-bond acceptors (Lipinski definition) is 3. The molecule has 1 aromatic carbocycles. The third kappa shape index (κ3) is 3.80. The third-order valence-electron chi connectivity index (χ3n) is 4.04. The number of piperazine rings is 1. The van der Waals surface area contributed by atoms with Gasteiger partial charge in [-0.2, -0.15) is 0 Å². The Kier molecular flexibility index (Phi) is 4.97. The summed E-state index contributed by atoms with van der Waals surface area (Å²) in [6, 6.07) is 5.68. The molecule has 3 rings (SSSR count). The number of nitrogens with zero attached hydrogens (tertiary/aromatic N) is 1. The normalized spacial score (nSPS) is 16.0. The summed E-state index contributed by atoms with van der Waals surface area (Å²) in [7, 11) is 0. The van der Waals surface area contributed by atoms with E-state index in [1.54, 1.807) is 0 Å². The van der Waals surface area contributed by atoms with Crippen molar-refractivity contribution in [3.8, 4) is 0 Å². The van der Waals surface area contributed by atoms with Crippen LogP contribution in [0.5, 0.6) is 0 Å². The zero-order valence-corrected chi connectivity index (χ0v) is 13.2. The molecule has 1 amide bonds. The summed E-state index contributed by atoms with van der Waals surface area (Å²) in [5.74, 6) is 0.0611. The van der Waals surface area contributed by atoms with Crippen molar-refractivity contribution in [2.45, 2.75) is 6.42 Å². The maximum absolute atomic E-state index is 12.1. The van der Waals surface area contributed by atoms with Gasteiger partial charge in [0, 0.05) is 61.4 Å². The van der Waals surface area contributed by atoms with Gasteiger partial charge in [0.15, 0.2) is 0 Å². The topological polar surface area (TPSA) is 60.2 Å². The molecule has 0 aliphatic carbocycles. The predicted molar refractivity (Wildman–Crippen MR) is 89.3 cm³/mol. The van der Waals surface area contributed by atoms with E-state index in [0.717, 1.165) is 49.2 Å². The minimum atomic E-state index is 0.0611. The Bertz CT molecular complexity index is 649. The number of aromatic amines is 1. The van der Waals surface area contributed by atoms with Crippen LogP contribution < -0.4 is 10.6 Å². The Morgan fingerprint density at radius 1 is 1.32 bits per heavy atom. The van der Waals surface area contributed by atoms with E-state index in [9.17, 15) is 4.79 Å². The Morgan fingerprint density at radius 3 is 2.95 bits per heavy atom. The molecule has 1 fully saturated rings. The Morgan fingerprint density at radius 2 is 2.14 bits per heavy atom. The molecule has 2 aromatic rings. The van der Waals surface area contributed by atoms with Gasteiger partial charge in [0.2, 0.25) is 5.91 Å². The highest BCUT2D eigenvalue weighted by molar-refractivity contribution is 6.31. The van der Waals surface area contributed by atoms with Crippen molar-refractivity contribution in [3.05, 3.63) is 35.0 Å². The molecule has 22 heavy (non-hydrogen) atoms. The van der Waals surface area contributed by atoms with Gasteiger partial charge in [-0.25, -0.2) is 0 Å². The Labute approximate surface area is 135 Å². The van der Waals surface area contributed by atoms with Crippen molar-refractivity contribution >= 4 is 28.4 Å². The van der Waals surface area contributed by atoms with Crippen LogP contribution >= 0.6 is 11.6 Å². The van der Waals surface area contributed by atoms with Crippen molar-refractivity contribution in [1.82, 2.24) is 20.5 Å². The van der Waals surface area contributed by atoms with E-state index < -0.39 is 0 Å². The molecule has 0 atom stereocenters. The van der Waals surface area contributed by atoms with Crippen molar-refractivity contribution in [2.75, 3.05) is 39.3 Å². The van der Waals surface area contributed by atoms with Gasteiger partial charge >= 0.3 is 0 Å². The van der Waals surface area contributed by atoms with Gasteiger partial charge in [-0.3, -0.25) is 9.69 Å². The second-order valence-corrected chi connectivity index (χ2v) is 6.06. The first-order chi connectivity index (χ1) is 10.7. The van der Waals surface area contributed by atoms with Crippen LogP contribution in [0.3, 0.4) is 0 Å². The Balaban J connectivity index is 1.50. The highest BCUT2D eigenvalue weighted by Crippen LogP contribution is 2.22. The fourth-order valence-corrected chi connectivity index (χ4v) is 3.00. The van der Waals surface area contributed by atoms with E-state index in [4.69, 9.17) is 11.6 Å². The number of amides is 1. The molecule has 118 valence electrons. The monoisotopic (exact) mass is 320 g/mol. The molecule has 0 saturated carbocycles. The molecule has 2 heterocycles. The van der Waals surface area contributed by atoms with E-state index in [0.29, 0.717) is 18.0 Å². The van der Waals surface area contributed by atoms with E-state index in [1.807, 2.05) is 24.4 Å². The molecule has 5 nitrogen and oxygen atoms in total. The summed E-state index contributed by atoms with van der Waals surface area (Å²) in [5.41, 5.74) is 1.97. The first kappa shape index (κ1) is 15.3. The number of halogens is 1.